The quantitative estimate of drug-likeness (QED) is 0.388. The summed E-state index contributed by atoms with van der Waals surface area (Å²) in [5.74, 6) is 1.80. The van der Waals surface area contributed by atoms with Gasteiger partial charge in [-0.3, -0.25) is 4.79 Å². The number of fused-ring (bicyclic) bond motifs is 3. The van der Waals surface area contributed by atoms with Crippen LogP contribution < -0.4 is 4.74 Å². The van der Waals surface area contributed by atoms with Crippen molar-refractivity contribution < 1.29 is 9.53 Å². The van der Waals surface area contributed by atoms with Crippen molar-refractivity contribution in [1.29, 1.82) is 0 Å². The molecule has 0 aliphatic carbocycles. The summed E-state index contributed by atoms with van der Waals surface area (Å²) in [6, 6.07) is 13.9. The Morgan fingerprint density at radius 3 is 2.82 bits per heavy atom. The van der Waals surface area contributed by atoms with Gasteiger partial charge in [-0.15, -0.1) is 11.3 Å². The molecule has 0 saturated heterocycles. The van der Waals surface area contributed by atoms with Crippen LogP contribution in [0.1, 0.15) is 51.6 Å². The van der Waals surface area contributed by atoms with Crippen molar-refractivity contribution in [3.63, 3.8) is 0 Å². The number of benzene rings is 1. The fourth-order valence-electron chi connectivity index (χ4n) is 4.58. The molecule has 1 aromatic carbocycles. The van der Waals surface area contributed by atoms with E-state index in [-0.39, 0.29) is 5.91 Å². The summed E-state index contributed by atoms with van der Waals surface area (Å²) in [5, 5.41) is 2.04. The van der Waals surface area contributed by atoms with Crippen LogP contribution in [-0.2, 0) is 26.1 Å². The Hall–Kier alpha value is -3.19. The Balaban J connectivity index is 1.57. The van der Waals surface area contributed by atoms with Crippen molar-refractivity contribution >= 4 is 28.4 Å². The number of thiophene rings is 1. The molecule has 33 heavy (non-hydrogen) atoms. The maximum absolute atomic E-state index is 14.0. The Morgan fingerprint density at radius 2 is 2.00 bits per heavy atom. The zero-order valence-corrected chi connectivity index (χ0v) is 19.9. The third kappa shape index (κ3) is 4.37. The zero-order chi connectivity index (χ0) is 22.8. The minimum atomic E-state index is -0.0296. The summed E-state index contributed by atoms with van der Waals surface area (Å²) in [5.41, 5.74) is 4.01. The van der Waals surface area contributed by atoms with Crippen LogP contribution in [-0.4, -0.2) is 32.5 Å². The number of nitrogens with zero attached hydrogens (tertiary/aromatic N) is 4. The van der Waals surface area contributed by atoms with Gasteiger partial charge in [0.25, 0.3) is 5.91 Å². The van der Waals surface area contributed by atoms with Crippen LogP contribution in [0.25, 0.3) is 11.2 Å². The second-order valence-corrected chi connectivity index (χ2v) is 9.56. The number of rotatable bonds is 6. The molecule has 0 unspecified atom stereocenters. The van der Waals surface area contributed by atoms with E-state index in [1.165, 1.54) is 6.42 Å². The number of pyridine rings is 1. The molecule has 0 spiro atoms. The van der Waals surface area contributed by atoms with Gasteiger partial charge in [0.15, 0.2) is 5.65 Å². The largest absolute Gasteiger partial charge is 0.496 e. The summed E-state index contributed by atoms with van der Waals surface area (Å²) in [6.07, 6.45) is 4.39. The van der Waals surface area contributed by atoms with E-state index in [4.69, 9.17) is 14.7 Å². The van der Waals surface area contributed by atoms with E-state index in [2.05, 4.69) is 10.6 Å². The molecule has 0 saturated carbocycles. The highest BCUT2D eigenvalue weighted by Crippen LogP contribution is 2.27. The highest BCUT2D eigenvalue weighted by molar-refractivity contribution is 7.09. The molecule has 0 bridgehead atoms. The van der Waals surface area contributed by atoms with Crippen molar-refractivity contribution in [3.05, 3.63) is 75.4 Å². The number of hydrogen-bond acceptors (Lipinski definition) is 5. The van der Waals surface area contributed by atoms with E-state index < -0.39 is 0 Å². The fourth-order valence-corrected chi connectivity index (χ4v) is 5.30. The van der Waals surface area contributed by atoms with Gasteiger partial charge >= 0.3 is 0 Å². The smallest absolute Gasteiger partial charge is 0.256 e. The number of aromatic nitrogens is 3. The van der Waals surface area contributed by atoms with Crippen LogP contribution in [0.5, 0.6) is 5.75 Å². The molecule has 4 heterocycles. The van der Waals surface area contributed by atoms with Crippen molar-refractivity contribution in [1.82, 2.24) is 19.4 Å². The highest BCUT2D eigenvalue weighted by Gasteiger charge is 2.25. The summed E-state index contributed by atoms with van der Waals surface area (Å²) >= 11 is 1.66. The predicted molar refractivity (Wildman–Crippen MR) is 131 cm³/mol. The molecule has 7 heteroatoms. The highest BCUT2D eigenvalue weighted by atomic mass is 32.1. The first kappa shape index (κ1) is 21.6. The maximum atomic E-state index is 14.0. The molecule has 1 aliphatic rings. The second-order valence-electron chi connectivity index (χ2n) is 8.53. The second kappa shape index (κ2) is 9.35. The van der Waals surface area contributed by atoms with E-state index >= 15 is 0 Å². The lowest BCUT2D eigenvalue weighted by Gasteiger charge is -2.24. The average molecular weight is 461 g/mol. The summed E-state index contributed by atoms with van der Waals surface area (Å²) in [4.78, 5) is 26.8. The van der Waals surface area contributed by atoms with Gasteiger partial charge in [0.05, 0.1) is 25.8 Å². The van der Waals surface area contributed by atoms with E-state index in [0.717, 1.165) is 64.7 Å². The topological polar surface area (TPSA) is 60.2 Å². The molecule has 1 amide bonds. The first-order chi connectivity index (χ1) is 16.1. The molecule has 0 atom stereocenters. The molecule has 0 N–H and O–H groups in total. The first-order valence-electron chi connectivity index (χ1n) is 11.4. The number of hydrogen-bond donors (Lipinski definition) is 0. The number of carbonyl (C=O) groups is 1. The number of amides is 1. The Labute approximate surface area is 197 Å². The molecule has 4 aromatic rings. The van der Waals surface area contributed by atoms with Crippen molar-refractivity contribution in [2.24, 2.45) is 0 Å². The molecular weight excluding hydrogens is 432 g/mol. The van der Waals surface area contributed by atoms with Crippen LogP contribution in [0, 0.1) is 6.92 Å². The molecule has 1 aliphatic heterocycles. The van der Waals surface area contributed by atoms with Gasteiger partial charge in [-0.05, 0) is 43.3 Å². The van der Waals surface area contributed by atoms with Gasteiger partial charge in [-0.2, -0.15) is 0 Å². The fraction of sp³-hybridized carbons (Fsp3) is 0.346. The van der Waals surface area contributed by atoms with Crippen LogP contribution in [0.3, 0.4) is 0 Å². The van der Waals surface area contributed by atoms with Gasteiger partial charge in [0.1, 0.15) is 17.1 Å². The standard InChI is InChI=1S/C26H28N4O2S/c1-18-15-21(24-25(27-18)30-13-7-3-4-12-23(30)28-24)26(31)29(17-20-10-8-14-33-20)16-19-9-5-6-11-22(19)32-2/h5-6,8-11,14-15H,3-4,7,12-13,16-17H2,1-2H3. The van der Waals surface area contributed by atoms with Crippen LogP contribution in [0.4, 0.5) is 0 Å². The number of imidazole rings is 1. The Morgan fingerprint density at radius 1 is 1.12 bits per heavy atom. The van der Waals surface area contributed by atoms with Crippen LogP contribution in [0.2, 0.25) is 0 Å². The average Bonchev–Trinajstić information content (AvgIpc) is 3.39. The summed E-state index contributed by atoms with van der Waals surface area (Å²) < 4.78 is 7.78. The minimum Gasteiger partial charge on any atom is -0.496 e. The summed E-state index contributed by atoms with van der Waals surface area (Å²) in [6.45, 7) is 3.86. The van der Waals surface area contributed by atoms with E-state index in [9.17, 15) is 4.79 Å². The monoisotopic (exact) mass is 460 g/mol. The number of ether oxygens (including phenoxy) is 1. The first-order valence-corrected chi connectivity index (χ1v) is 12.3. The molecule has 0 radical (unpaired) electrons. The third-order valence-electron chi connectivity index (χ3n) is 6.19. The van der Waals surface area contributed by atoms with E-state index in [0.29, 0.717) is 18.7 Å². The van der Waals surface area contributed by atoms with Gasteiger partial charge in [-0.25, -0.2) is 9.97 Å². The molecule has 0 fully saturated rings. The van der Waals surface area contributed by atoms with Crippen molar-refractivity contribution in [3.8, 4) is 5.75 Å². The van der Waals surface area contributed by atoms with Crippen LogP contribution >= 0.6 is 11.3 Å². The molecule has 3 aromatic heterocycles. The third-order valence-corrected chi connectivity index (χ3v) is 7.05. The van der Waals surface area contributed by atoms with Crippen molar-refractivity contribution in [2.75, 3.05) is 7.11 Å². The maximum Gasteiger partial charge on any atom is 0.256 e. The normalized spacial score (nSPS) is 13.5. The molecular formula is C26H28N4O2S. The molecule has 170 valence electrons. The van der Waals surface area contributed by atoms with E-state index in [1.807, 2.05) is 53.6 Å². The number of para-hydroxylation sites is 1. The van der Waals surface area contributed by atoms with Gasteiger partial charge in [0, 0.05) is 29.1 Å². The molecule has 5 rings (SSSR count). The number of aryl methyl sites for hydroxylation is 3. The lowest BCUT2D eigenvalue weighted by molar-refractivity contribution is 0.0732. The SMILES string of the molecule is COc1ccccc1CN(Cc1cccs1)C(=O)c1cc(C)nc2c1nc1n2CCCCC1. The van der Waals surface area contributed by atoms with Crippen LogP contribution in [0.15, 0.2) is 47.8 Å². The van der Waals surface area contributed by atoms with Gasteiger partial charge < -0.3 is 14.2 Å². The Kier molecular flexibility index (Phi) is 6.13. The zero-order valence-electron chi connectivity index (χ0n) is 19.1. The summed E-state index contributed by atoms with van der Waals surface area (Å²) in [7, 11) is 1.66. The van der Waals surface area contributed by atoms with E-state index in [1.54, 1.807) is 18.4 Å². The minimum absolute atomic E-state index is 0.0296. The number of methoxy groups -OCH3 is 1. The predicted octanol–water partition coefficient (Wildman–Crippen LogP) is 5.38. The van der Waals surface area contributed by atoms with Crippen molar-refractivity contribution in [2.45, 2.75) is 52.2 Å². The Bertz CT molecular complexity index is 1280. The molecule has 6 nitrogen and oxygen atoms in total. The van der Waals surface area contributed by atoms with Gasteiger partial charge in [-0.1, -0.05) is 30.7 Å². The lowest BCUT2D eigenvalue weighted by atomic mass is 10.1. The lowest BCUT2D eigenvalue weighted by Crippen LogP contribution is -2.30. The van der Waals surface area contributed by atoms with Gasteiger partial charge in [0.2, 0.25) is 0 Å². The number of carbonyl (C=O) groups excluding carboxylic acids is 1.